The van der Waals surface area contributed by atoms with E-state index in [9.17, 15) is 0 Å². The zero-order chi connectivity index (χ0) is 23.3. The van der Waals surface area contributed by atoms with Crippen molar-refractivity contribution in [3.63, 3.8) is 0 Å². The van der Waals surface area contributed by atoms with Crippen LogP contribution in [0.3, 0.4) is 0 Å². The Morgan fingerprint density at radius 1 is 0.719 bits per heavy atom. The summed E-state index contributed by atoms with van der Waals surface area (Å²) in [6, 6.07) is 19.3. The van der Waals surface area contributed by atoms with Crippen LogP contribution in [-0.4, -0.2) is 13.2 Å². The molecule has 0 fully saturated rings. The van der Waals surface area contributed by atoms with Gasteiger partial charge in [-0.15, -0.1) is 0 Å². The minimum Gasteiger partial charge on any atom is -0.382 e. The summed E-state index contributed by atoms with van der Waals surface area (Å²) >= 11 is 0. The molecule has 184 valence electrons. The van der Waals surface area contributed by atoms with Gasteiger partial charge in [0.1, 0.15) is 0 Å². The second-order valence-electron chi connectivity index (χ2n) is 8.82. The van der Waals surface area contributed by atoms with Crippen molar-refractivity contribution in [3.05, 3.63) is 71.3 Å². The fourth-order valence-electron chi connectivity index (χ4n) is 3.02. The molecule has 0 saturated heterocycles. The molecule has 0 aromatic heterocycles. The standard InChI is InChI=1S/C11H16O.C11H16.C8H18.CH4/c1-10(12-2)8-9-11-6-4-3-5-7-11;1-3-4-5-11-8-6-10(2)7-9-11;1-4-6-7-8(3)5-2;/h3-7,10H,8-9H2,1-2H3;6-9H,3-5H2,1-2H3;8H,4-7H2,1-3H3;1H4. The van der Waals surface area contributed by atoms with Crippen LogP contribution < -0.4 is 0 Å². The number of methoxy groups -OCH3 is 1. The highest BCUT2D eigenvalue weighted by atomic mass is 16.5. The molecule has 0 spiro atoms. The predicted molar refractivity (Wildman–Crippen MR) is 147 cm³/mol. The van der Waals surface area contributed by atoms with E-state index in [1.165, 1.54) is 61.6 Å². The molecule has 0 heterocycles. The van der Waals surface area contributed by atoms with Crippen LogP contribution in [0.25, 0.3) is 0 Å². The van der Waals surface area contributed by atoms with Gasteiger partial charge < -0.3 is 4.74 Å². The van der Waals surface area contributed by atoms with Crippen LogP contribution >= 0.6 is 0 Å². The zero-order valence-electron chi connectivity index (χ0n) is 21.6. The van der Waals surface area contributed by atoms with E-state index in [0.717, 1.165) is 18.8 Å². The van der Waals surface area contributed by atoms with Gasteiger partial charge in [-0.3, -0.25) is 0 Å². The Labute approximate surface area is 202 Å². The SMILES string of the molecule is C.CCCCC(C)CC.CCCCc1ccc(C)cc1.COC(C)CCc1ccccc1. The molecule has 0 radical (unpaired) electrons. The van der Waals surface area contributed by atoms with Crippen molar-refractivity contribution in [2.45, 2.75) is 113 Å². The van der Waals surface area contributed by atoms with Crippen molar-refractivity contribution in [1.29, 1.82) is 0 Å². The molecule has 2 atom stereocenters. The van der Waals surface area contributed by atoms with Crippen molar-refractivity contribution in [2.75, 3.05) is 7.11 Å². The topological polar surface area (TPSA) is 9.23 Å². The Kier molecular flexibility index (Phi) is 23.0. The lowest BCUT2D eigenvalue weighted by Crippen LogP contribution is -2.05. The monoisotopic (exact) mass is 442 g/mol. The average molecular weight is 443 g/mol. The highest BCUT2D eigenvalue weighted by molar-refractivity contribution is 5.21. The van der Waals surface area contributed by atoms with Gasteiger partial charge in [-0.2, -0.15) is 0 Å². The smallest absolute Gasteiger partial charge is 0.0546 e. The Morgan fingerprint density at radius 2 is 1.28 bits per heavy atom. The van der Waals surface area contributed by atoms with E-state index in [0.29, 0.717) is 6.10 Å². The van der Waals surface area contributed by atoms with Gasteiger partial charge in [0.2, 0.25) is 0 Å². The summed E-state index contributed by atoms with van der Waals surface area (Å²) in [5.41, 5.74) is 4.21. The molecular formula is C31H54O. The van der Waals surface area contributed by atoms with Crippen molar-refractivity contribution >= 4 is 0 Å². The van der Waals surface area contributed by atoms with Gasteiger partial charge in [-0.25, -0.2) is 0 Å². The molecule has 2 aromatic carbocycles. The van der Waals surface area contributed by atoms with Gasteiger partial charge in [-0.1, -0.05) is 127 Å². The number of aryl methyl sites for hydroxylation is 3. The maximum Gasteiger partial charge on any atom is 0.0546 e. The first-order valence-electron chi connectivity index (χ1n) is 12.6. The molecule has 1 nitrogen and oxygen atoms in total. The molecule has 0 aliphatic carbocycles. The highest BCUT2D eigenvalue weighted by Crippen LogP contribution is 2.10. The molecule has 0 saturated carbocycles. The molecule has 0 aliphatic rings. The van der Waals surface area contributed by atoms with Crippen molar-refractivity contribution in [2.24, 2.45) is 5.92 Å². The predicted octanol–water partition coefficient (Wildman–Crippen LogP) is 9.85. The largest absolute Gasteiger partial charge is 0.382 e. The fraction of sp³-hybridized carbons (Fsp3) is 0.613. The van der Waals surface area contributed by atoms with Gasteiger partial charge in [-0.05, 0) is 56.6 Å². The lowest BCUT2D eigenvalue weighted by Gasteiger charge is -2.08. The molecule has 2 aromatic rings. The van der Waals surface area contributed by atoms with E-state index in [-0.39, 0.29) is 7.43 Å². The maximum atomic E-state index is 5.17. The second kappa shape index (κ2) is 22.6. The Bertz CT molecular complexity index is 602. The Balaban J connectivity index is 0. The molecule has 0 amide bonds. The molecule has 0 aliphatic heterocycles. The molecule has 2 unspecified atom stereocenters. The second-order valence-corrected chi connectivity index (χ2v) is 8.82. The number of benzene rings is 2. The first-order valence-corrected chi connectivity index (χ1v) is 12.6. The third kappa shape index (κ3) is 19.1. The first-order chi connectivity index (χ1) is 15.0. The summed E-state index contributed by atoms with van der Waals surface area (Å²) in [4.78, 5) is 0. The van der Waals surface area contributed by atoms with E-state index in [4.69, 9.17) is 4.74 Å². The summed E-state index contributed by atoms with van der Waals surface area (Å²) in [7, 11) is 1.76. The van der Waals surface area contributed by atoms with E-state index in [2.05, 4.69) is 90.1 Å². The van der Waals surface area contributed by atoms with Crippen molar-refractivity contribution in [3.8, 4) is 0 Å². The van der Waals surface area contributed by atoms with E-state index in [1.807, 2.05) is 6.07 Å². The van der Waals surface area contributed by atoms with Gasteiger partial charge in [0, 0.05) is 7.11 Å². The lowest BCUT2D eigenvalue weighted by molar-refractivity contribution is 0.111. The van der Waals surface area contributed by atoms with Crippen LogP contribution in [0.15, 0.2) is 54.6 Å². The minimum atomic E-state index is 0. The highest BCUT2D eigenvalue weighted by Gasteiger charge is 1.99. The maximum absolute atomic E-state index is 5.17. The van der Waals surface area contributed by atoms with Crippen molar-refractivity contribution in [1.82, 2.24) is 0 Å². The Morgan fingerprint density at radius 3 is 1.78 bits per heavy atom. The molecule has 2 rings (SSSR count). The summed E-state index contributed by atoms with van der Waals surface area (Å²) in [6.45, 7) is 13.3. The zero-order valence-corrected chi connectivity index (χ0v) is 21.6. The number of hydrogen-bond acceptors (Lipinski definition) is 1. The van der Waals surface area contributed by atoms with Gasteiger partial charge in [0.25, 0.3) is 0 Å². The van der Waals surface area contributed by atoms with Gasteiger partial charge >= 0.3 is 0 Å². The van der Waals surface area contributed by atoms with Crippen LogP contribution in [0.4, 0.5) is 0 Å². The molecule has 0 N–H and O–H groups in total. The molecule has 1 heteroatoms. The number of rotatable bonds is 11. The number of ether oxygens (including phenoxy) is 1. The average Bonchev–Trinajstić information content (AvgIpc) is 2.82. The van der Waals surface area contributed by atoms with Gasteiger partial charge in [0.15, 0.2) is 0 Å². The van der Waals surface area contributed by atoms with E-state index < -0.39 is 0 Å². The van der Waals surface area contributed by atoms with Crippen molar-refractivity contribution < 1.29 is 4.74 Å². The fourth-order valence-corrected chi connectivity index (χ4v) is 3.02. The van der Waals surface area contributed by atoms with Crippen LogP contribution in [0.1, 0.15) is 104 Å². The third-order valence-electron chi connectivity index (χ3n) is 5.77. The molecule has 32 heavy (non-hydrogen) atoms. The van der Waals surface area contributed by atoms with Crippen LogP contribution in [0.5, 0.6) is 0 Å². The summed E-state index contributed by atoms with van der Waals surface area (Å²) < 4.78 is 5.17. The number of hydrogen-bond donors (Lipinski definition) is 0. The first kappa shape index (κ1) is 32.6. The number of unbranched alkanes of at least 4 members (excludes halogenated alkanes) is 2. The van der Waals surface area contributed by atoms with Crippen LogP contribution in [0, 0.1) is 12.8 Å². The third-order valence-corrected chi connectivity index (χ3v) is 5.77. The summed E-state index contributed by atoms with van der Waals surface area (Å²) in [6.07, 6.45) is 11.9. The molecule has 0 bridgehead atoms. The molecular weight excluding hydrogens is 388 g/mol. The summed E-state index contributed by atoms with van der Waals surface area (Å²) in [5, 5.41) is 0. The van der Waals surface area contributed by atoms with Gasteiger partial charge in [0.05, 0.1) is 6.10 Å². The minimum absolute atomic E-state index is 0. The Hall–Kier alpha value is -1.60. The lowest BCUT2D eigenvalue weighted by atomic mass is 10.0. The van der Waals surface area contributed by atoms with Crippen LogP contribution in [-0.2, 0) is 17.6 Å². The quantitative estimate of drug-likeness (QED) is 0.336. The normalized spacial score (nSPS) is 11.7. The van der Waals surface area contributed by atoms with E-state index in [1.54, 1.807) is 7.11 Å². The van der Waals surface area contributed by atoms with Crippen LogP contribution in [0.2, 0.25) is 0 Å². The van der Waals surface area contributed by atoms with E-state index >= 15 is 0 Å². The summed E-state index contributed by atoms with van der Waals surface area (Å²) in [5.74, 6) is 0.954.